The van der Waals surface area contributed by atoms with Crippen molar-refractivity contribution in [2.75, 3.05) is 65.2 Å². The number of piperidine rings is 1. The van der Waals surface area contributed by atoms with Gasteiger partial charge in [0, 0.05) is 45.9 Å². The molecule has 0 amide bonds. The number of ether oxygens (including phenoxy) is 5. The molecule has 1 N–H and O–H groups in total. The van der Waals surface area contributed by atoms with Crippen LogP contribution in [0.15, 0.2) is 42.5 Å². The van der Waals surface area contributed by atoms with Crippen molar-refractivity contribution in [2.45, 2.75) is 63.6 Å². The quantitative estimate of drug-likeness (QED) is 0.165. The van der Waals surface area contributed by atoms with Crippen molar-refractivity contribution in [1.82, 2.24) is 5.32 Å². The van der Waals surface area contributed by atoms with Crippen LogP contribution in [0.2, 0.25) is 0 Å². The first-order valence-electron chi connectivity index (χ1n) is 14.8. The Labute approximate surface area is 248 Å². The summed E-state index contributed by atoms with van der Waals surface area (Å²) in [6.07, 6.45) is 1.72. The molecule has 2 aliphatic rings. The molecule has 2 heterocycles. The standard InChI is InChI=1S/C31H45N3O8/c1-23(42-34(35)36)17-27-19-28(26-8-5-24(6-9-26)21-39-16-15-38-3)31(20-32-27)41-22-25-7-10-30-29(18-25)33(12-14-40-30)11-4-13-37-2/h5-10,18,23,27-28,31-32H,4,11-17,19-22H2,1-3H3/t23?,27-,28+,31-/m0/s1. The van der Waals surface area contributed by atoms with Crippen LogP contribution in [0.25, 0.3) is 0 Å². The lowest BCUT2D eigenvalue weighted by molar-refractivity contribution is -0.767. The molecule has 232 valence electrons. The lowest BCUT2D eigenvalue weighted by Crippen LogP contribution is -2.48. The molecule has 0 bridgehead atoms. The number of hydrogen-bond donors (Lipinski definition) is 1. The Bertz CT molecular complexity index is 1100. The average molecular weight is 588 g/mol. The van der Waals surface area contributed by atoms with Gasteiger partial charge in [-0.15, -0.1) is 10.1 Å². The normalized spacial score (nSPS) is 20.9. The van der Waals surface area contributed by atoms with Gasteiger partial charge in [-0.1, -0.05) is 30.3 Å². The summed E-state index contributed by atoms with van der Waals surface area (Å²) in [5.74, 6) is 1.02. The van der Waals surface area contributed by atoms with Crippen LogP contribution in [-0.4, -0.2) is 83.6 Å². The van der Waals surface area contributed by atoms with Gasteiger partial charge >= 0.3 is 0 Å². The van der Waals surface area contributed by atoms with Gasteiger partial charge in [0.25, 0.3) is 5.09 Å². The predicted octanol–water partition coefficient (Wildman–Crippen LogP) is 4.10. The second-order valence-electron chi connectivity index (χ2n) is 10.9. The number of methoxy groups -OCH3 is 2. The summed E-state index contributed by atoms with van der Waals surface area (Å²) < 4.78 is 28.5. The maximum Gasteiger partial charge on any atom is 0.294 e. The monoisotopic (exact) mass is 587 g/mol. The van der Waals surface area contributed by atoms with Crippen molar-refractivity contribution in [2.24, 2.45) is 0 Å². The zero-order valence-corrected chi connectivity index (χ0v) is 25.0. The highest BCUT2D eigenvalue weighted by Gasteiger charge is 2.33. The zero-order chi connectivity index (χ0) is 29.7. The van der Waals surface area contributed by atoms with E-state index in [0.717, 1.165) is 55.1 Å². The molecular formula is C31H45N3O8. The van der Waals surface area contributed by atoms with Crippen LogP contribution >= 0.6 is 0 Å². The lowest BCUT2D eigenvalue weighted by Gasteiger charge is -2.38. The van der Waals surface area contributed by atoms with E-state index < -0.39 is 11.2 Å². The van der Waals surface area contributed by atoms with Gasteiger partial charge in [-0.25, -0.2) is 0 Å². The van der Waals surface area contributed by atoms with Crippen LogP contribution in [0.5, 0.6) is 5.75 Å². The summed E-state index contributed by atoms with van der Waals surface area (Å²) >= 11 is 0. The zero-order valence-electron chi connectivity index (χ0n) is 25.0. The molecule has 4 atom stereocenters. The first-order chi connectivity index (χ1) is 20.5. The van der Waals surface area contributed by atoms with Gasteiger partial charge in [0.15, 0.2) is 0 Å². The minimum absolute atomic E-state index is 0.0677. The van der Waals surface area contributed by atoms with Gasteiger partial charge in [-0.05, 0) is 55.0 Å². The van der Waals surface area contributed by atoms with Gasteiger partial charge in [-0.2, -0.15) is 0 Å². The van der Waals surface area contributed by atoms with E-state index in [1.54, 1.807) is 21.1 Å². The summed E-state index contributed by atoms with van der Waals surface area (Å²) in [7, 11) is 3.39. The molecule has 4 rings (SSSR count). The molecule has 42 heavy (non-hydrogen) atoms. The minimum Gasteiger partial charge on any atom is -0.490 e. The van der Waals surface area contributed by atoms with Gasteiger partial charge in [-0.3, -0.25) is 0 Å². The van der Waals surface area contributed by atoms with Gasteiger partial charge < -0.3 is 38.7 Å². The largest absolute Gasteiger partial charge is 0.490 e. The van der Waals surface area contributed by atoms with E-state index in [2.05, 4.69) is 46.6 Å². The summed E-state index contributed by atoms with van der Waals surface area (Å²) in [4.78, 5) is 18.0. The topological polar surface area (TPSA) is 114 Å². The van der Waals surface area contributed by atoms with Crippen molar-refractivity contribution in [3.05, 3.63) is 69.3 Å². The van der Waals surface area contributed by atoms with Gasteiger partial charge in [0.05, 0.1) is 44.8 Å². The Balaban J connectivity index is 1.43. The fourth-order valence-corrected chi connectivity index (χ4v) is 5.70. The third kappa shape index (κ3) is 9.53. The second kappa shape index (κ2) is 16.6. The fraction of sp³-hybridized carbons (Fsp3) is 0.613. The van der Waals surface area contributed by atoms with E-state index in [9.17, 15) is 10.1 Å². The smallest absolute Gasteiger partial charge is 0.294 e. The molecule has 0 saturated carbocycles. The van der Waals surface area contributed by atoms with Gasteiger partial charge in [0.2, 0.25) is 0 Å². The molecule has 11 heteroatoms. The molecule has 11 nitrogen and oxygen atoms in total. The number of nitrogens with zero attached hydrogens (tertiary/aromatic N) is 2. The number of benzene rings is 2. The minimum atomic E-state index is -0.716. The van der Waals surface area contributed by atoms with Crippen LogP contribution in [0.4, 0.5) is 5.69 Å². The Morgan fingerprint density at radius 1 is 1.07 bits per heavy atom. The summed E-state index contributed by atoms with van der Waals surface area (Å²) in [5.41, 5.74) is 4.46. The molecule has 0 radical (unpaired) electrons. The van der Waals surface area contributed by atoms with Crippen LogP contribution in [-0.2, 0) is 37.0 Å². The van der Waals surface area contributed by atoms with Crippen molar-refractivity contribution >= 4 is 5.69 Å². The summed E-state index contributed by atoms with van der Waals surface area (Å²) in [6, 6.07) is 14.8. The summed E-state index contributed by atoms with van der Waals surface area (Å²) in [5, 5.41) is 13.7. The van der Waals surface area contributed by atoms with Gasteiger partial charge in [0.1, 0.15) is 18.5 Å². The van der Waals surface area contributed by atoms with E-state index in [1.807, 2.05) is 6.07 Å². The second-order valence-corrected chi connectivity index (χ2v) is 10.9. The first-order valence-corrected chi connectivity index (χ1v) is 14.8. The highest BCUT2D eigenvalue weighted by molar-refractivity contribution is 5.61. The van der Waals surface area contributed by atoms with Crippen LogP contribution in [0, 0.1) is 10.1 Å². The number of hydrogen-bond acceptors (Lipinski definition) is 10. The van der Waals surface area contributed by atoms with Crippen LogP contribution in [0.1, 0.15) is 48.8 Å². The van der Waals surface area contributed by atoms with Crippen molar-refractivity contribution in [3.8, 4) is 5.75 Å². The molecule has 2 aromatic rings. The average Bonchev–Trinajstić information content (AvgIpc) is 2.99. The number of nitrogens with one attached hydrogen (secondary N) is 1. The highest BCUT2D eigenvalue weighted by atomic mass is 17.0. The highest BCUT2D eigenvalue weighted by Crippen LogP contribution is 2.35. The maximum atomic E-state index is 10.8. The molecule has 1 unspecified atom stereocenters. The first kappa shape index (κ1) is 32.0. The molecule has 2 aliphatic heterocycles. The Morgan fingerprint density at radius 3 is 2.62 bits per heavy atom. The van der Waals surface area contributed by atoms with Crippen molar-refractivity contribution in [1.29, 1.82) is 0 Å². The number of fused-ring (bicyclic) bond motifs is 1. The molecule has 0 aromatic heterocycles. The van der Waals surface area contributed by atoms with Crippen LogP contribution in [0.3, 0.4) is 0 Å². The molecule has 0 spiro atoms. The fourth-order valence-electron chi connectivity index (χ4n) is 5.70. The SMILES string of the molecule is COCCCN1CCOc2ccc(CO[C@H]3CN[C@@H](CC(C)O[N+](=O)[O-])C[C@@H]3c3ccc(COCCOC)cc3)cc21. The Kier molecular flexibility index (Phi) is 12.6. The molecule has 1 saturated heterocycles. The molecule has 2 aromatic carbocycles. The Hall–Kier alpha value is -2.96. The third-order valence-electron chi connectivity index (χ3n) is 7.81. The predicted molar refractivity (Wildman–Crippen MR) is 159 cm³/mol. The Morgan fingerprint density at radius 2 is 1.86 bits per heavy atom. The number of anilines is 1. The third-order valence-corrected chi connectivity index (χ3v) is 7.81. The van der Waals surface area contributed by atoms with Crippen molar-refractivity contribution < 1.29 is 33.6 Å². The van der Waals surface area contributed by atoms with E-state index in [0.29, 0.717) is 46.0 Å². The van der Waals surface area contributed by atoms with E-state index in [-0.39, 0.29) is 18.1 Å². The maximum absolute atomic E-state index is 10.8. The van der Waals surface area contributed by atoms with Crippen molar-refractivity contribution in [3.63, 3.8) is 0 Å². The van der Waals surface area contributed by atoms with E-state index >= 15 is 0 Å². The van der Waals surface area contributed by atoms with Crippen LogP contribution < -0.4 is 15.0 Å². The van der Waals surface area contributed by atoms with E-state index in [1.165, 1.54) is 5.56 Å². The molecular weight excluding hydrogens is 542 g/mol. The summed E-state index contributed by atoms with van der Waals surface area (Å²) in [6.45, 7) is 7.65. The molecule has 0 aliphatic carbocycles. The lowest BCUT2D eigenvalue weighted by atomic mass is 9.82. The van der Waals surface area contributed by atoms with E-state index in [4.69, 9.17) is 28.5 Å². The molecule has 1 fully saturated rings. The number of rotatable bonds is 17.